The Hall–Kier alpha value is -2.77. The highest BCUT2D eigenvalue weighted by atomic mass is 32.2. The van der Waals surface area contributed by atoms with Crippen molar-refractivity contribution in [2.75, 3.05) is 6.54 Å². The summed E-state index contributed by atoms with van der Waals surface area (Å²) in [5, 5.41) is 5.25. The van der Waals surface area contributed by atoms with Crippen LogP contribution in [-0.2, 0) is 32.3 Å². The molecule has 0 spiro atoms. The number of ether oxygens (including phenoxy) is 1. The maximum atomic E-state index is 12.6. The number of nitrogens with zero attached hydrogens (tertiary/aromatic N) is 2. The van der Waals surface area contributed by atoms with E-state index in [0.29, 0.717) is 5.56 Å². The largest absolute Gasteiger partial charge is 0.456 e. The molecule has 8 nitrogen and oxygen atoms in total. The molecule has 0 saturated carbocycles. The highest BCUT2D eigenvalue weighted by Gasteiger charge is 2.30. The average molecular weight is 461 g/mol. The highest BCUT2D eigenvalue weighted by Crippen LogP contribution is 2.30. The van der Waals surface area contributed by atoms with Crippen LogP contribution in [0.1, 0.15) is 17.9 Å². The molecule has 0 fully saturated rings. The number of carbonyl (C=O) groups is 1. The molecule has 0 aliphatic heterocycles. The number of halogens is 3. The summed E-state index contributed by atoms with van der Waals surface area (Å²) in [4.78, 5) is 15.7. The number of esters is 1. The van der Waals surface area contributed by atoms with Crippen molar-refractivity contribution in [1.29, 1.82) is 0 Å². The molecule has 0 amide bonds. The monoisotopic (exact) mass is 461 g/mol. The van der Waals surface area contributed by atoms with Crippen molar-refractivity contribution < 1.29 is 35.6 Å². The molecule has 0 aliphatic rings. The van der Waals surface area contributed by atoms with Crippen molar-refractivity contribution in [2.45, 2.75) is 23.4 Å². The predicted molar refractivity (Wildman–Crippen MR) is 98.7 cm³/mol. The first-order chi connectivity index (χ1) is 14.1. The van der Waals surface area contributed by atoms with Gasteiger partial charge in [0.25, 0.3) is 5.89 Å². The van der Waals surface area contributed by atoms with E-state index in [4.69, 9.17) is 9.26 Å². The van der Waals surface area contributed by atoms with Gasteiger partial charge in [0.2, 0.25) is 15.8 Å². The van der Waals surface area contributed by atoms with E-state index < -0.39 is 27.7 Å². The molecular formula is C17H14F3N3O5S2. The lowest BCUT2D eigenvalue weighted by atomic mass is 10.1. The van der Waals surface area contributed by atoms with Gasteiger partial charge in [-0.3, -0.25) is 4.79 Å². The Morgan fingerprint density at radius 2 is 1.93 bits per heavy atom. The third-order valence-corrected chi connectivity index (χ3v) is 6.53. The van der Waals surface area contributed by atoms with Crippen molar-refractivity contribution in [3.05, 3.63) is 53.2 Å². The molecule has 0 aliphatic carbocycles. The molecule has 0 unspecified atom stereocenters. The fourth-order valence-corrected chi connectivity index (χ4v) is 4.30. The third kappa shape index (κ3) is 5.64. The van der Waals surface area contributed by atoms with Gasteiger partial charge in [-0.05, 0) is 23.6 Å². The van der Waals surface area contributed by atoms with Crippen LogP contribution in [-0.4, -0.2) is 31.1 Å². The number of benzene rings is 1. The van der Waals surface area contributed by atoms with Gasteiger partial charge >= 0.3 is 12.1 Å². The fourth-order valence-electron chi connectivity index (χ4n) is 2.23. The first-order valence-corrected chi connectivity index (χ1v) is 10.7. The summed E-state index contributed by atoms with van der Waals surface area (Å²) in [5.74, 6) is -0.714. The van der Waals surface area contributed by atoms with Crippen molar-refractivity contribution in [3.8, 4) is 11.4 Å². The number of sulfonamides is 1. The summed E-state index contributed by atoms with van der Waals surface area (Å²) < 4.78 is 73.9. The zero-order chi connectivity index (χ0) is 21.8. The Kier molecular flexibility index (Phi) is 6.53. The van der Waals surface area contributed by atoms with Crippen LogP contribution >= 0.6 is 11.3 Å². The second kappa shape index (κ2) is 8.93. The van der Waals surface area contributed by atoms with Crippen LogP contribution in [0.15, 0.2) is 50.5 Å². The normalized spacial score (nSPS) is 12.1. The van der Waals surface area contributed by atoms with Gasteiger partial charge in [-0.15, -0.1) is 11.3 Å². The molecule has 160 valence electrons. The van der Waals surface area contributed by atoms with Crippen LogP contribution < -0.4 is 4.72 Å². The summed E-state index contributed by atoms with van der Waals surface area (Å²) in [6, 6.07) is 7.21. The maximum absolute atomic E-state index is 12.6. The summed E-state index contributed by atoms with van der Waals surface area (Å²) in [6.07, 6.45) is -4.67. The lowest BCUT2D eigenvalue weighted by Gasteiger charge is -2.05. The van der Waals surface area contributed by atoms with E-state index in [1.807, 2.05) is 0 Å². The third-order valence-electron chi connectivity index (χ3n) is 3.68. The van der Waals surface area contributed by atoms with Crippen LogP contribution in [0, 0.1) is 0 Å². The minimum absolute atomic E-state index is 0.0403. The van der Waals surface area contributed by atoms with Crippen molar-refractivity contribution in [2.24, 2.45) is 0 Å². The van der Waals surface area contributed by atoms with Gasteiger partial charge in [-0.25, -0.2) is 13.1 Å². The molecule has 1 N–H and O–H groups in total. The number of aromatic nitrogens is 2. The lowest BCUT2D eigenvalue weighted by Crippen LogP contribution is -2.26. The molecule has 0 saturated heterocycles. The van der Waals surface area contributed by atoms with Gasteiger partial charge in [0.05, 0.1) is 12.0 Å². The number of hydrogen-bond donors (Lipinski definition) is 1. The molecule has 0 radical (unpaired) electrons. The van der Waals surface area contributed by atoms with Crippen molar-refractivity contribution in [3.63, 3.8) is 0 Å². The molecule has 2 aromatic heterocycles. The Balaban J connectivity index is 1.47. The van der Waals surface area contributed by atoms with Crippen LogP contribution in [0.3, 0.4) is 0 Å². The summed E-state index contributed by atoms with van der Waals surface area (Å²) in [7, 11) is -3.67. The highest BCUT2D eigenvalue weighted by molar-refractivity contribution is 7.91. The molecule has 3 aromatic rings. The van der Waals surface area contributed by atoms with Crippen LogP contribution in [0.2, 0.25) is 0 Å². The Bertz CT molecular complexity index is 1090. The summed E-state index contributed by atoms with van der Waals surface area (Å²) >= 11 is 1.05. The standard InChI is InChI=1S/C17H14F3N3O5S2/c18-17(19,20)12-5-3-11(4-6-12)16-22-13(28-23-16)10-27-14(24)7-8-21-30(25,26)15-2-1-9-29-15/h1-6,9,21H,7-8,10H2. The lowest BCUT2D eigenvalue weighted by molar-refractivity contribution is -0.145. The minimum atomic E-state index is -4.45. The first kappa shape index (κ1) is 21.9. The van der Waals surface area contributed by atoms with Crippen molar-refractivity contribution in [1.82, 2.24) is 14.9 Å². The number of alkyl halides is 3. The zero-order valence-electron chi connectivity index (χ0n) is 15.0. The topological polar surface area (TPSA) is 111 Å². The molecule has 30 heavy (non-hydrogen) atoms. The maximum Gasteiger partial charge on any atom is 0.416 e. The molecule has 3 rings (SSSR count). The minimum Gasteiger partial charge on any atom is -0.456 e. The average Bonchev–Trinajstić information content (AvgIpc) is 3.38. The quantitative estimate of drug-likeness (QED) is 0.513. The van der Waals surface area contributed by atoms with Crippen LogP contribution in [0.25, 0.3) is 11.4 Å². The van der Waals surface area contributed by atoms with Crippen LogP contribution in [0.5, 0.6) is 0 Å². The van der Waals surface area contributed by atoms with E-state index in [1.165, 1.54) is 18.2 Å². The van der Waals surface area contributed by atoms with Crippen LogP contribution in [0.4, 0.5) is 13.2 Å². The van der Waals surface area contributed by atoms with Gasteiger partial charge in [0.15, 0.2) is 6.61 Å². The van der Waals surface area contributed by atoms with Crippen molar-refractivity contribution >= 4 is 27.3 Å². The molecule has 0 atom stereocenters. The summed E-state index contributed by atoms with van der Waals surface area (Å²) in [6.45, 7) is -0.510. The Morgan fingerprint density at radius 3 is 2.57 bits per heavy atom. The zero-order valence-corrected chi connectivity index (χ0v) is 16.7. The van der Waals surface area contributed by atoms with E-state index >= 15 is 0 Å². The molecule has 13 heteroatoms. The van der Waals surface area contributed by atoms with E-state index in [1.54, 1.807) is 11.4 Å². The Labute approximate surface area is 172 Å². The molecule has 2 heterocycles. The first-order valence-electron chi connectivity index (χ1n) is 8.34. The molecule has 1 aromatic carbocycles. The number of nitrogens with one attached hydrogen (secondary N) is 1. The SMILES string of the molecule is O=C(CCNS(=O)(=O)c1cccs1)OCc1nc(-c2ccc(C(F)(F)F)cc2)no1. The van der Waals surface area contributed by atoms with E-state index in [9.17, 15) is 26.4 Å². The van der Waals surface area contributed by atoms with Gasteiger partial charge in [0, 0.05) is 12.1 Å². The van der Waals surface area contributed by atoms with Gasteiger partial charge in [-0.1, -0.05) is 23.4 Å². The van der Waals surface area contributed by atoms with E-state index in [2.05, 4.69) is 14.9 Å². The Morgan fingerprint density at radius 1 is 1.20 bits per heavy atom. The molecule has 0 bridgehead atoms. The van der Waals surface area contributed by atoms with E-state index in [0.717, 1.165) is 23.5 Å². The van der Waals surface area contributed by atoms with Gasteiger partial charge < -0.3 is 9.26 Å². The number of carbonyl (C=O) groups excluding carboxylic acids is 1. The van der Waals surface area contributed by atoms with E-state index in [-0.39, 0.29) is 35.5 Å². The van der Waals surface area contributed by atoms with Gasteiger partial charge in [-0.2, -0.15) is 18.2 Å². The fraction of sp³-hybridized carbons (Fsp3) is 0.235. The number of rotatable bonds is 8. The second-order valence-electron chi connectivity index (χ2n) is 5.83. The predicted octanol–water partition coefficient (Wildman–Crippen LogP) is 3.23. The summed E-state index contributed by atoms with van der Waals surface area (Å²) in [5.41, 5.74) is -0.508. The smallest absolute Gasteiger partial charge is 0.416 e. The van der Waals surface area contributed by atoms with Gasteiger partial charge in [0.1, 0.15) is 4.21 Å². The molecular weight excluding hydrogens is 447 g/mol. The second-order valence-corrected chi connectivity index (χ2v) is 8.77. The number of hydrogen-bond acceptors (Lipinski definition) is 8. The number of thiophene rings is 1.